The highest BCUT2D eigenvalue weighted by Crippen LogP contribution is 1.91. The molecule has 0 rings (SSSR count). The molecule has 0 atom stereocenters. The van der Waals surface area contributed by atoms with E-state index in [4.69, 9.17) is 20.4 Å². The monoisotopic (exact) mass is 108 g/mol. The third-order valence-corrected chi connectivity index (χ3v) is 0.506. The van der Waals surface area contributed by atoms with Crippen LogP contribution in [0.15, 0.2) is 0 Å². The van der Waals surface area contributed by atoms with Crippen molar-refractivity contribution in [2.24, 2.45) is 0 Å². The van der Waals surface area contributed by atoms with Crippen molar-refractivity contribution in [3.05, 3.63) is 0 Å². The molecule has 44 valence electrons. The van der Waals surface area contributed by atoms with Gasteiger partial charge in [0.15, 0.2) is 0 Å². The number of hydrogen-bond donors (Lipinski definition) is 4. The number of aliphatic hydroxyl groups is 4. The largest absolute Gasteiger partial charge is 0.391 e. The van der Waals surface area contributed by atoms with Crippen LogP contribution in [0, 0.1) is 0 Å². The topological polar surface area (TPSA) is 80.9 Å². The van der Waals surface area contributed by atoms with Crippen LogP contribution in [0.3, 0.4) is 0 Å². The Kier molecular flexibility index (Phi) is 2.17. The first-order valence-electron chi connectivity index (χ1n) is 1.79. The minimum atomic E-state index is -2.31. The Labute approximate surface area is 40.6 Å². The fourth-order valence-electron chi connectivity index (χ4n) is 0.0500. The maximum Gasteiger partial charge on any atom is 0.210 e. The molecule has 0 saturated carbocycles. The van der Waals surface area contributed by atoms with E-state index in [1.54, 1.807) is 0 Å². The lowest BCUT2D eigenvalue weighted by Crippen LogP contribution is -2.36. The minimum Gasteiger partial charge on any atom is -0.391 e. The molecular formula is C3H8O4. The highest BCUT2D eigenvalue weighted by molar-refractivity contribution is 4.56. The smallest absolute Gasteiger partial charge is 0.210 e. The van der Waals surface area contributed by atoms with E-state index in [1.807, 2.05) is 0 Å². The molecule has 0 saturated heterocycles. The quantitative estimate of drug-likeness (QED) is 0.299. The number of hydrogen-bond acceptors (Lipinski definition) is 4. The normalized spacial score (nSPS) is 12.0. The molecule has 0 aliphatic rings. The summed E-state index contributed by atoms with van der Waals surface area (Å²) in [5, 5.41) is 32.2. The SMILES string of the molecule is OCC(O)(O)CO. The van der Waals surface area contributed by atoms with Gasteiger partial charge >= 0.3 is 0 Å². The molecule has 0 aliphatic heterocycles. The van der Waals surface area contributed by atoms with Crippen molar-refractivity contribution < 1.29 is 20.4 Å². The Morgan fingerprint density at radius 2 is 1.29 bits per heavy atom. The first-order valence-corrected chi connectivity index (χ1v) is 1.79. The summed E-state index contributed by atoms with van der Waals surface area (Å²) >= 11 is 0. The lowest BCUT2D eigenvalue weighted by molar-refractivity contribution is -0.208. The summed E-state index contributed by atoms with van der Waals surface area (Å²) in [5.74, 6) is -2.31. The van der Waals surface area contributed by atoms with Gasteiger partial charge in [0.05, 0.1) is 13.2 Å². The lowest BCUT2D eigenvalue weighted by atomic mass is 10.3. The van der Waals surface area contributed by atoms with Gasteiger partial charge in [0.1, 0.15) is 0 Å². The Balaban J connectivity index is 3.36. The van der Waals surface area contributed by atoms with E-state index in [9.17, 15) is 0 Å². The average Bonchev–Trinajstić information content (AvgIpc) is 1.68. The Hall–Kier alpha value is -0.160. The molecule has 0 radical (unpaired) electrons. The molecule has 4 N–H and O–H groups in total. The van der Waals surface area contributed by atoms with Crippen LogP contribution in [-0.4, -0.2) is 39.4 Å². The minimum absolute atomic E-state index is 0.844. The van der Waals surface area contributed by atoms with Gasteiger partial charge in [-0.2, -0.15) is 0 Å². The summed E-state index contributed by atoms with van der Waals surface area (Å²) in [6, 6.07) is 0. The van der Waals surface area contributed by atoms with E-state index in [-0.39, 0.29) is 0 Å². The molecule has 0 fully saturated rings. The third kappa shape index (κ3) is 2.52. The maximum atomic E-state index is 8.19. The molecule has 4 heteroatoms. The zero-order chi connectivity index (χ0) is 5.91. The zero-order valence-corrected chi connectivity index (χ0v) is 3.70. The van der Waals surface area contributed by atoms with Gasteiger partial charge in [0.25, 0.3) is 0 Å². The van der Waals surface area contributed by atoms with Gasteiger partial charge in [-0.3, -0.25) is 0 Å². The summed E-state index contributed by atoms with van der Waals surface area (Å²) in [6.45, 7) is -1.69. The molecule has 0 amide bonds. The van der Waals surface area contributed by atoms with Crippen LogP contribution in [0.4, 0.5) is 0 Å². The van der Waals surface area contributed by atoms with Crippen LogP contribution in [0.2, 0.25) is 0 Å². The summed E-state index contributed by atoms with van der Waals surface area (Å²) in [7, 11) is 0. The summed E-state index contributed by atoms with van der Waals surface area (Å²) < 4.78 is 0. The van der Waals surface area contributed by atoms with Gasteiger partial charge in [-0.15, -0.1) is 0 Å². The molecule has 0 aromatic carbocycles. The van der Waals surface area contributed by atoms with Crippen LogP contribution in [-0.2, 0) is 0 Å². The van der Waals surface area contributed by atoms with Crippen LogP contribution in [0.1, 0.15) is 0 Å². The summed E-state index contributed by atoms with van der Waals surface area (Å²) in [5.41, 5.74) is 0. The molecule has 0 bridgehead atoms. The van der Waals surface area contributed by atoms with Crippen LogP contribution < -0.4 is 0 Å². The van der Waals surface area contributed by atoms with E-state index in [0.29, 0.717) is 0 Å². The van der Waals surface area contributed by atoms with Gasteiger partial charge in [-0.25, -0.2) is 0 Å². The summed E-state index contributed by atoms with van der Waals surface area (Å²) in [4.78, 5) is 0. The molecule has 0 heterocycles. The Morgan fingerprint density at radius 1 is 1.00 bits per heavy atom. The maximum absolute atomic E-state index is 8.19. The van der Waals surface area contributed by atoms with Crippen LogP contribution in [0.5, 0.6) is 0 Å². The second-order valence-electron chi connectivity index (χ2n) is 1.30. The van der Waals surface area contributed by atoms with Gasteiger partial charge in [-0.1, -0.05) is 0 Å². The van der Waals surface area contributed by atoms with Gasteiger partial charge in [0.2, 0.25) is 5.79 Å². The predicted octanol–water partition coefficient (Wildman–Crippen LogP) is -2.35. The second kappa shape index (κ2) is 2.23. The van der Waals surface area contributed by atoms with E-state index >= 15 is 0 Å². The van der Waals surface area contributed by atoms with Crippen molar-refractivity contribution in [1.29, 1.82) is 0 Å². The van der Waals surface area contributed by atoms with E-state index < -0.39 is 19.0 Å². The molecule has 0 aliphatic carbocycles. The van der Waals surface area contributed by atoms with Crippen molar-refractivity contribution >= 4 is 0 Å². The fraction of sp³-hybridized carbons (Fsp3) is 1.00. The number of rotatable bonds is 2. The highest BCUT2D eigenvalue weighted by atomic mass is 16.5. The lowest BCUT2D eigenvalue weighted by Gasteiger charge is -2.13. The standard InChI is InChI=1S/C3H8O4/c4-1-3(6,7)2-5/h4-7H,1-2H2. The highest BCUT2D eigenvalue weighted by Gasteiger charge is 2.18. The average molecular weight is 108 g/mol. The Bertz CT molecular complexity index is 44.9. The molecule has 0 aromatic heterocycles. The van der Waals surface area contributed by atoms with E-state index in [0.717, 1.165) is 0 Å². The molecule has 0 spiro atoms. The first kappa shape index (κ1) is 6.84. The molecule has 0 aromatic rings. The van der Waals surface area contributed by atoms with E-state index in [2.05, 4.69) is 0 Å². The molecular weight excluding hydrogens is 100 g/mol. The van der Waals surface area contributed by atoms with Crippen molar-refractivity contribution in [2.45, 2.75) is 5.79 Å². The predicted molar refractivity (Wildman–Crippen MR) is 21.3 cm³/mol. The van der Waals surface area contributed by atoms with Crippen molar-refractivity contribution in [1.82, 2.24) is 0 Å². The zero-order valence-electron chi connectivity index (χ0n) is 3.70. The van der Waals surface area contributed by atoms with Gasteiger partial charge in [-0.05, 0) is 0 Å². The molecule has 7 heavy (non-hydrogen) atoms. The third-order valence-electron chi connectivity index (χ3n) is 0.506. The second-order valence-corrected chi connectivity index (χ2v) is 1.30. The van der Waals surface area contributed by atoms with Crippen molar-refractivity contribution in [3.63, 3.8) is 0 Å². The van der Waals surface area contributed by atoms with Gasteiger partial charge < -0.3 is 20.4 Å². The molecule has 0 unspecified atom stereocenters. The number of aliphatic hydroxyl groups excluding tert-OH is 2. The fourth-order valence-corrected chi connectivity index (χ4v) is 0.0500. The van der Waals surface area contributed by atoms with Crippen molar-refractivity contribution in [3.8, 4) is 0 Å². The van der Waals surface area contributed by atoms with E-state index in [1.165, 1.54) is 0 Å². The van der Waals surface area contributed by atoms with Crippen molar-refractivity contribution in [2.75, 3.05) is 13.2 Å². The van der Waals surface area contributed by atoms with Gasteiger partial charge in [0, 0.05) is 0 Å². The summed E-state index contributed by atoms with van der Waals surface area (Å²) in [6.07, 6.45) is 0. The van der Waals surface area contributed by atoms with Crippen LogP contribution >= 0.6 is 0 Å². The first-order chi connectivity index (χ1) is 3.12. The Morgan fingerprint density at radius 3 is 1.29 bits per heavy atom. The van der Waals surface area contributed by atoms with Crippen LogP contribution in [0.25, 0.3) is 0 Å². The molecule has 4 nitrogen and oxygen atoms in total.